The van der Waals surface area contributed by atoms with Gasteiger partial charge in [0.15, 0.2) is 5.69 Å². The van der Waals surface area contributed by atoms with Crippen LogP contribution >= 0.6 is 0 Å². The third kappa shape index (κ3) is 2.29. The number of carbonyl (C=O) groups is 2. The Hall–Kier alpha value is -2.64. The van der Waals surface area contributed by atoms with Crippen molar-refractivity contribution in [1.29, 1.82) is 0 Å². The van der Waals surface area contributed by atoms with Crippen LogP contribution in [-0.2, 0) is 20.1 Å². The predicted molar refractivity (Wildman–Crippen MR) is 83.3 cm³/mol. The monoisotopic (exact) mass is 329 g/mol. The molecule has 2 amide bonds. The molecule has 126 valence electrons. The van der Waals surface area contributed by atoms with Crippen LogP contribution in [0.4, 0.5) is 0 Å². The average Bonchev–Trinajstić information content (AvgIpc) is 3.01. The Labute approximate surface area is 138 Å². The van der Waals surface area contributed by atoms with Crippen molar-refractivity contribution in [3.63, 3.8) is 0 Å². The molecule has 8 nitrogen and oxygen atoms in total. The van der Waals surface area contributed by atoms with Crippen molar-refractivity contribution in [2.24, 2.45) is 7.05 Å². The highest BCUT2D eigenvalue weighted by Crippen LogP contribution is 2.29. The van der Waals surface area contributed by atoms with Crippen molar-refractivity contribution >= 4 is 11.8 Å². The van der Waals surface area contributed by atoms with Gasteiger partial charge in [-0.2, -0.15) is 5.10 Å². The molecular weight excluding hydrogens is 310 g/mol. The molecule has 0 saturated heterocycles. The molecule has 1 fully saturated rings. The van der Waals surface area contributed by atoms with Crippen LogP contribution < -0.4 is 5.32 Å². The van der Waals surface area contributed by atoms with Crippen molar-refractivity contribution in [3.05, 3.63) is 34.0 Å². The van der Waals surface area contributed by atoms with E-state index in [0.717, 1.165) is 24.1 Å². The Morgan fingerprint density at radius 1 is 1.25 bits per heavy atom. The number of aromatic nitrogens is 3. The van der Waals surface area contributed by atoms with Crippen molar-refractivity contribution in [1.82, 2.24) is 25.2 Å². The highest BCUT2D eigenvalue weighted by molar-refractivity contribution is 5.98. The van der Waals surface area contributed by atoms with Crippen LogP contribution in [0.2, 0.25) is 0 Å². The second-order valence-corrected chi connectivity index (χ2v) is 6.51. The zero-order chi connectivity index (χ0) is 17.0. The van der Waals surface area contributed by atoms with Gasteiger partial charge in [0.25, 0.3) is 11.8 Å². The number of carbonyl (C=O) groups excluding carboxylic acids is 2. The maximum Gasteiger partial charge on any atom is 0.272 e. The summed E-state index contributed by atoms with van der Waals surface area (Å²) in [6.45, 7) is 4.29. The van der Waals surface area contributed by atoms with E-state index in [4.69, 9.17) is 4.52 Å². The van der Waals surface area contributed by atoms with Crippen molar-refractivity contribution in [2.75, 3.05) is 0 Å². The van der Waals surface area contributed by atoms with Crippen LogP contribution in [0.15, 0.2) is 4.52 Å². The van der Waals surface area contributed by atoms with E-state index in [1.807, 2.05) is 0 Å². The number of hydrogen-bond acceptors (Lipinski definition) is 5. The summed E-state index contributed by atoms with van der Waals surface area (Å²) in [5, 5.41) is 11.1. The van der Waals surface area contributed by atoms with Crippen molar-refractivity contribution in [3.8, 4) is 0 Å². The summed E-state index contributed by atoms with van der Waals surface area (Å²) in [4.78, 5) is 26.9. The van der Waals surface area contributed by atoms with Crippen LogP contribution in [0, 0.1) is 13.8 Å². The summed E-state index contributed by atoms with van der Waals surface area (Å²) in [5.41, 5.74) is 3.23. The highest BCUT2D eigenvalue weighted by Gasteiger charge is 2.35. The van der Waals surface area contributed by atoms with Crippen LogP contribution in [0.5, 0.6) is 0 Å². The molecule has 0 spiro atoms. The van der Waals surface area contributed by atoms with Gasteiger partial charge < -0.3 is 14.7 Å². The SMILES string of the molecule is Cc1noc(C)c1C(=O)N1Cc2c(C(=O)NC3CC3)nn(C)c2C1. The van der Waals surface area contributed by atoms with E-state index < -0.39 is 0 Å². The third-order valence-electron chi connectivity index (χ3n) is 4.63. The third-order valence-corrected chi connectivity index (χ3v) is 4.63. The summed E-state index contributed by atoms with van der Waals surface area (Å²) in [7, 11) is 1.80. The minimum atomic E-state index is -0.152. The fourth-order valence-corrected chi connectivity index (χ4v) is 3.15. The Morgan fingerprint density at radius 2 is 2.00 bits per heavy atom. The van der Waals surface area contributed by atoms with Gasteiger partial charge in [-0.15, -0.1) is 0 Å². The lowest BCUT2D eigenvalue weighted by atomic mass is 10.2. The van der Waals surface area contributed by atoms with Crippen LogP contribution in [0.1, 0.15) is 56.4 Å². The van der Waals surface area contributed by atoms with Gasteiger partial charge in [0.05, 0.1) is 24.5 Å². The normalized spacial score (nSPS) is 16.4. The molecule has 0 bridgehead atoms. The molecule has 1 N–H and O–H groups in total. The van der Waals surface area contributed by atoms with E-state index >= 15 is 0 Å². The summed E-state index contributed by atoms with van der Waals surface area (Å²) >= 11 is 0. The molecule has 0 atom stereocenters. The molecule has 4 rings (SSSR count). The summed E-state index contributed by atoms with van der Waals surface area (Å²) in [6, 6.07) is 0.275. The molecule has 1 saturated carbocycles. The molecule has 2 aromatic heterocycles. The number of fused-ring (bicyclic) bond motifs is 1. The lowest BCUT2D eigenvalue weighted by Gasteiger charge is -2.16. The zero-order valence-corrected chi connectivity index (χ0v) is 13.9. The Bertz CT molecular complexity index is 827. The number of nitrogens with zero attached hydrogens (tertiary/aromatic N) is 4. The second-order valence-electron chi connectivity index (χ2n) is 6.51. The largest absolute Gasteiger partial charge is 0.361 e. The average molecular weight is 329 g/mol. The van der Waals surface area contributed by atoms with Gasteiger partial charge in [0.1, 0.15) is 11.3 Å². The molecule has 1 aliphatic heterocycles. The van der Waals surface area contributed by atoms with E-state index in [-0.39, 0.29) is 17.9 Å². The molecular formula is C16H19N5O3. The first-order valence-corrected chi connectivity index (χ1v) is 8.03. The minimum absolute atomic E-state index is 0.129. The Morgan fingerprint density at radius 3 is 2.62 bits per heavy atom. The Kier molecular flexibility index (Phi) is 3.22. The first-order valence-electron chi connectivity index (χ1n) is 8.03. The Balaban J connectivity index is 1.60. The molecule has 2 aromatic rings. The summed E-state index contributed by atoms with van der Waals surface area (Å²) < 4.78 is 6.78. The standard InChI is InChI=1S/C16H19N5O3/c1-8-13(9(2)24-19-8)16(23)21-6-11-12(7-21)20(3)18-14(11)15(22)17-10-4-5-10/h10H,4-7H2,1-3H3,(H,17,22). The van der Waals surface area contributed by atoms with E-state index in [1.165, 1.54) is 0 Å². The van der Waals surface area contributed by atoms with Crippen LogP contribution in [0.3, 0.4) is 0 Å². The van der Waals surface area contributed by atoms with Gasteiger partial charge in [-0.05, 0) is 26.7 Å². The minimum Gasteiger partial charge on any atom is -0.361 e. The van der Waals surface area contributed by atoms with Gasteiger partial charge in [-0.25, -0.2) is 0 Å². The highest BCUT2D eigenvalue weighted by atomic mass is 16.5. The number of hydrogen-bond donors (Lipinski definition) is 1. The van der Waals surface area contributed by atoms with Crippen molar-refractivity contribution in [2.45, 2.75) is 45.8 Å². The van der Waals surface area contributed by atoms with E-state index in [0.29, 0.717) is 35.8 Å². The lowest BCUT2D eigenvalue weighted by molar-refractivity contribution is 0.0743. The zero-order valence-electron chi connectivity index (χ0n) is 13.9. The maximum absolute atomic E-state index is 12.8. The molecule has 8 heteroatoms. The van der Waals surface area contributed by atoms with Gasteiger partial charge >= 0.3 is 0 Å². The smallest absolute Gasteiger partial charge is 0.272 e. The molecule has 1 aliphatic carbocycles. The maximum atomic E-state index is 12.8. The molecule has 2 aliphatic rings. The molecule has 0 radical (unpaired) electrons. The number of amides is 2. The molecule has 0 aromatic carbocycles. The number of rotatable bonds is 3. The lowest BCUT2D eigenvalue weighted by Crippen LogP contribution is -2.29. The second kappa shape index (κ2) is 5.19. The fourth-order valence-electron chi connectivity index (χ4n) is 3.15. The first-order chi connectivity index (χ1) is 11.5. The molecule has 24 heavy (non-hydrogen) atoms. The molecule has 3 heterocycles. The topological polar surface area (TPSA) is 93.3 Å². The van der Waals surface area contributed by atoms with Gasteiger partial charge in [0.2, 0.25) is 0 Å². The van der Waals surface area contributed by atoms with Crippen molar-refractivity contribution < 1.29 is 14.1 Å². The number of nitrogens with one attached hydrogen (secondary N) is 1. The van der Waals surface area contributed by atoms with Gasteiger partial charge in [0, 0.05) is 18.7 Å². The first kappa shape index (κ1) is 14.9. The van der Waals surface area contributed by atoms with E-state index in [2.05, 4.69) is 15.6 Å². The van der Waals surface area contributed by atoms with E-state index in [9.17, 15) is 9.59 Å². The van der Waals surface area contributed by atoms with Gasteiger partial charge in [-0.3, -0.25) is 14.3 Å². The predicted octanol–water partition coefficient (Wildman–Crippen LogP) is 1.07. The summed E-state index contributed by atoms with van der Waals surface area (Å²) in [6.07, 6.45) is 2.05. The van der Waals surface area contributed by atoms with Crippen LogP contribution in [0.25, 0.3) is 0 Å². The number of aryl methyl sites for hydroxylation is 3. The van der Waals surface area contributed by atoms with Gasteiger partial charge in [-0.1, -0.05) is 5.16 Å². The summed E-state index contributed by atoms with van der Waals surface area (Å²) in [5.74, 6) is 0.232. The van der Waals surface area contributed by atoms with E-state index in [1.54, 1.807) is 30.5 Å². The van der Waals surface area contributed by atoms with Crippen LogP contribution in [-0.4, -0.2) is 37.7 Å². The fraction of sp³-hybridized carbons (Fsp3) is 0.500. The quantitative estimate of drug-likeness (QED) is 0.909. The molecule has 0 unspecified atom stereocenters.